The Morgan fingerprint density at radius 3 is 2.61 bits per heavy atom. The number of nitrogens with one attached hydrogen (secondary N) is 1. The number of hydrogen-bond acceptors (Lipinski definition) is 3. The fourth-order valence-electron chi connectivity index (χ4n) is 1.69. The Balaban J connectivity index is 2.64. The van der Waals surface area contributed by atoms with Crippen LogP contribution in [0.2, 0.25) is 5.02 Å². The number of ether oxygens (including phenoxy) is 1. The molecule has 1 rings (SSSR count). The lowest BCUT2D eigenvalue weighted by Gasteiger charge is -2.25. The molecule has 0 aliphatic heterocycles. The number of carbonyl (C=O) groups is 1. The summed E-state index contributed by atoms with van der Waals surface area (Å²) in [6.07, 6.45) is 0. The van der Waals surface area contributed by atoms with Crippen LogP contribution in [0.5, 0.6) is 0 Å². The summed E-state index contributed by atoms with van der Waals surface area (Å²) in [5, 5.41) is 4.04. The molecule has 0 fully saturated rings. The van der Waals surface area contributed by atoms with Crippen molar-refractivity contribution in [3.63, 3.8) is 0 Å². The second kappa shape index (κ2) is 6.21. The third kappa shape index (κ3) is 3.72. The monoisotopic (exact) mass is 269 g/mol. The highest BCUT2D eigenvalue weighted by molar-refractivity contribution is 6.31. The number of hydrogen-bond donors (Lipinski definition) is 1. The van der Waals surface area contributed by atoms with E-state index in [1.165, 1.54) is 7.11 Å². The van der Waals surface area contributed by atoms with E-state index in [9.17, 15) is 4.79 Å². The quantitative estimate of drug-likeness (QED) is 0.835. The van der Waals surface area contributed by atoms with Crippen molar-refractivity contribution in [2.45, 2.75) is 26.8 Å². The third-order valence-corrected chi connectivity index (χ3v) is 3.30. The maximum absolute atomic E-state index is 11.6. The first kappa shape index (κ1) is 15.0. The molecule has 0 amide bonds. The van der Waals surface area contributed by atoms with Gasteiger partial charge >= 0.3 is 5.97 Å². The molecule has 4 heteroatoms. The first-order valence-electron chi connectivity index (χ1n) is 5.94. The summed E-state index contributed by atoms with van der Waals surface area (Å²) < 4.78 is 4.77. The van der Waals surface area contributed by atoms with Crippen molar-refractivity contribution in [1.82, 2.24) is 5.32 Å². The molecule has 1 aromatic carbocycles. The molecule has 0 aliphatic rings. The molecule has 0 heterocycles. The highest BCUT2D eigenvalue weighted by Crippen LogP contribution is 2.23. The summed E-state index contributed by atoms with van der Waals surface area (Å²) in [7, 11) is 1.40. The van der Waals surface area contributed by atoms with E-state index in [0.717, 1.165) is 10.6 Å². The predicted molar refractivity (Wildman–Crippen MR) is 73.7 cm³/mol. The molecular formula is C14H20ClNO2. The van der Waals surface area contributed by atoms with Crippen molar-refractivity contribution >= 4 is 17.6 Å². The smallest absolute Gasteiger partial charge is 0.312 e. The fraction of sp³-hybridized carbons (Fsp3) is 0.500. The number of carbonyl (C=O) groups excluding carboxylic acids is 1. The van der Waals surface area contributed by atoms with E-state index in [1.807, 2.05) is 45.0 Å². The Bertz CT molecular complexity index is 418. The molecule has 0 radical (unpaired) electrons. The lowest BCUT2D eigenvalue weighted by atomic mass is 9.93. The second-order valence-corrected chi connectivity index (χ2v) is 5.41. The van der Waals surface area contributed by atoms with Crippen molar-refractivity contribution in [3.05, 3.63) is 34.9 Å². The maximum atomic E-state index is 11.6. The Hall–Kier alpha value is -1.06. The van der Waals surface area contributed by atoms with Crippen LogP contribution in [0.3, 0.4) is 0 Å². The molecule has 0 aliphatic carbocycles. The molecule has 0 saturated carbocycles. The van der Waals surface area contributed by atoms with Gasteiger partial charge in [-0.15, -0.1) is 0 Å². The van der Waals surface area contributed by atoms with Crippen LogP contribution in [0.4, 0.5) is 0 Å². The Morgan fingerprint density at radius 1 is 1.44 bits per heavy atom. The maximum Gasteiger partial charge on any atom is 0.312 e. The molecule has 1 aromatic rings. The number of methoxy groups -OCH3 is 1. The van der Waals surface area contributed by atoms with Crippen molar-refractivity contribution in [1.29, 1.82) is 0 Å². The van der Waals surface area contributed by atoms with Gasteiger partial charge in [0.2, 0.25) is 0 Å². The molecular weight excluding hydrogens is 250 g/mol. The zero-order valence-corrected chi connectivity index (χ0v) is 12.0. The van der Waals surface area contributed by atoms with Gasteiger partial charge in [-0.25, -0.2) is 0 Å². The number of rotatable bonds is 5. The summed E-state index contributed by atoms with van der Waals surface area (Å²) in [6, 6.07) is 7.77. The molecule has 18 heavy (non-hydrogen) atoms. The Morgan fingerprint density at radius 2 is 2.06 bits per heavy atom. The molecule has 1 unspecified atom stereocenters. The molecule has 0 bridgehead atoms. The van der Waals surface area contributed by atoms with Gasteiger partial charge in [-0.1, -0.05) is 29.8 Å². The lowest BCUT2D eigenvalue weighted by molar-refractivity contribution is -0.150. The topological polar surface area (TPSA) is 38.3 Å². The van der Waals surface area contributed by atoms with E-state index in [0.29, 0.717) is 6.54 Å². The van der Waals surface area contributed by atoms with E-state index in [-0.39, 0.29) is 12.0 Å². The van der Waals surface area contributed by atoms with Crippen molar-refractivity contribution < 1.29 is 9.53 Å². The van der Waals surface area contributed by atoms with Crippen LogP contribution >= 0.6 is 11.6 Å². The summed E-state index contributed by atoms with van der Waals surface area (Å²) in [5.41, 5.74) is 0.476. The lowest BCUT2D eigenvalue weighted by Crippen LogP contribution is -2.38. The summed E-state index contributed by atoms with van der Waals surface area (Å²) in [6.45, 7) is 6.26. The van der Waals surface area contributed by atoms with E-state index < -0.39 is 5.41 Å². The summed E-state index contributed by atoms with van der Waals surface area (Å²) in [5.74, 6) is -0.221. The first-order chi connectivity index (χ1) is 8.38. The van der Waals surface area contributed by atoms with Gasteiger partial charge in [0.25, 0.3) is 0 Å². The highest BCUT2D eigenvalue weighted by atomic mass is 35.5. The van der Waals surface area contributed by atoms with E-state index in [2.05, 4.69) is 5.32 Å². The SMILES string of the molecule is COC(=O)C(C)(C)CNC(C)c1ccccc1Cl. The van der Waals surface area contributed by atoms with Crippen LogP contribution in [0.25, 0.3) is 0 Å². The van der Waals surface area contributed by atoms with Gasteiger partial charge in [-0.3, -0.25) is 4.79 Å². The molecule has 100 valence electrons. The summed E-state index contributed by atoms with van der Waals surface area (Å²) in [4.78, 5) is 11.6. The van der Waals surface area contributed by atoms with Crippen LogP contribution < -0.4 is 5.32 Å². The number of esters is 1. The molecule has 1 N–H and O–H groups in total. The van der Waals surface area contributed by atoms with Gasteiger partial charge in [0.1, 0.15) is 0 Å². The third-order valence-electron chi connectivity index (χ3n) is 2.96. The Kier molecular flexibility index (Phi) is 5.17. The zero-order chi connectivity index (χ0) is 13.8. The van der Waals surface area contributed by atoms with Crippen molar-refractivity contribution in [2.75, 3.05) is 13.7 Å². The standard InChI is InChI=1S/C14H20ClNO2/c1-10(11-7-5-6-8-12(11)15)16-9-14(2,3)13(17)18-4/h5-8,10,16H,9H2,1-4H3. The van der Waals surface area contributed by atoms with Crippen molar-refractivity contribution in [2.24, 2.45) is 5.41 Å². The minimum absolute atomic E-state index is 0.0858. The van der Waals surface area contributed by atoms with Crippen LogP contribution in [0.15, 0.2) is 24.3 Å². The molecule has 1 atom stereocenters. The van der Waals surface area contributed by atoms with E-state index in [4.69, 9.17) is 16.3 Å². The van der Waals surface area contributed by atoms with Crippen molar-refractivity contribution in [3.8, 4) is 0 Å². The van der Waals surface area contributed by atoms with Crippen LogP contribution in [0.1, 0.15) is 32.4 Å². The van der Waals surface area contributed by atoms with Gasteiger partial charge in [-0.05, 0) is 32.4 Å². The predicted octanol–water partition coefficient (Wildman–Crippen LogP) is 3.19. The largest absolute Gasteiger partial charge is 0.469 e. The Labute approximate surface area is 113 Å². The minimum atomic E-state index is -0.551. The van der Waals surface area contributed by atoms with Gasteiger partial charge in [0.15, 0.2) is 0 Å². The van der Waals surface area contributed by atoms with E-state index in [1.54, 1.807) is 0 Å². The van der Waals surface area contributed by atoms with E-state index >= 15 is 0 Å². The highest BCUT2D eigenvalue weighted by Gasteiger charge is 2.29. The summed E-state index contributed by atoms with van der Waals surface area (Å²) >= 11 is 6.13. The molecule has 0 saturated heterocycles. The molecule has 0 aromatic heterocycles. The van der Waals surface area contributed by atoms with Crippen LogP contribution in [-0.2, 0) is 9.53 Å². The number of halogens is 1. The second-order valence-electron chi connectivity index (χ2n) is 5.00. The minimum Gasteiger partial charge on any atom is -0.469 e. The fourth-order valence-corrected chi connectivity index (χ4v) is 1.99. The molecule has 3 nitrogen and oxygen atoms in total. The average molecular weight is 270 g/mol. The molecule has 0 spiro atoms. The van der Waals surface area contributed by atoms with Gasteiger partial charge in [0, 0.05) is 17.6 Å². The first-order valence-corrected chi connectivity index (χ1v) is 6.32. The van der Waals surface area contributed by atoms with Gasteiger partial charge in [-0.2, -0.15) is 0 Å². The number of benzene rings is 1. The van der Waals surface area contributed by atoms with Crippen LogP contribution in [0, 0.1) is 5.41 Å². The van der Waals surface area contributed by atoms with Gasteiger partial charge < -0.3 is 10.1 Å². The average Bonchev–Trinajstić information content (AvgIpc) is 2.35. The van der Waals surface area contributed by atoms with Gasteiger partial charge in [0.05, 0.1) is 12.5 Å². The zero-order valence-electron chi connectivity index (χ0n) is 11.3. The normalized spacial score (nSPS) is 13.2. The van der Waals surface area contributed by atoms with Crippen LogP contribution in [-0.4, -0.2) is 19.6 Å².